The number of furan rings is 1. The zero-order chi connectivity index (χ0) is 18.1. The highest BCUT2D eigenvalue weighted by molar-refractivity contribution is 6.06. The summed E-state index contributed by atoms with van der Waals surface area (Å²) in [5, 5.41) is 10.2. The van der Waals surface area contributed by atoms with Crippen LogP contribution in [0.2, 0.25) is 0 Å². The third kappa shape index (κ3) is 2.22. The van der Waals surface area contributed by atoms with E-state index >= 15 is 0 Å². The van der Waals surface area contributed by atoms with Crippen LogP contribution in [0, 0.1) is 6.92 Å². The predicted molar refractivity (Wildman–Crippen MR) is 89.0 cm³/mol. The number of carbonyl (C=O) groups is 2. The molecule has 8 heteroatoms. The van der Waals surface area contributed by atoms with Gasteiger partial charge in [0.1, 0.15) is 17.1 Å². The number of rotatable bonds is 3. The molecule has 5 rings (SSSR count). The van der Waals surface area contributed by atoms with Crippen LogP contribution in [-0.2, 0) is 20.9 Å². The van der Waals surface area contributed by atoms with Gasteiger partial charge in [-0.15, -0.1) is 0 Å². The fourth-order valence-corrected chi connectivity index (χ4v) is 4.69. The summed E-state index contributed by atoms with van der Waals surface area (Å²) >= 11 is 0. The average molecular weight is 361 g/mol. The summed E-state index contributed by atoms with van der Waals surface area (Å²) in [6.07, 6.45) is -0.186. The highest BCUT2D eigenvalue weighted by atomic mass is 16.5. The molecular weight excluding hydrogens is 338 g/mol. The molecule has 0 unspecified atom stereocenters. The average Bonchev–Trinajstić information content (AvgIpc) is 3.10. The number of aliphatic hydroxyl groups excluding tert-OH is 1. The standard InChI is InChI=1S/C18H23N3O5/c1-11-2-3-14(26-11)6-20-16(23)15-4-13(22)5-21(15)18(17(20)24)9-19(10-18)12-7-25-8-12/h2-3,12-13,15,22H,4-10H2,1H3/t13-,15+/m1/s1. The quantitative estimate of drug-likeness (QED) is 0.716. The second-order valence-electron chi connectivity index (χ2n) is 7.93. The smallest absolute Gasteiger partial charge is 0.252 e. The van der Waals surface area contributed by atoms with Crippen molar-refractivity contribution in [2.24, 2.45) is 0 Å². The summed E-state index contributed by atoms with van der Waals surface area (Å²) < 4.78 is 10.8. The second-order valence-corrected chi connectivity index (χ2v) is 7.93. The lowest BCUT2D eigenvalue weighted by Gasteiger charge is -2.61. The van der Waals surface area contributed by atoms with Gasteiger partial charge in [-0.25, -0.2) is 0 Å². The first-order valence-electron chi connectivity index (χ1n) is 9.16. The Morgan fingerprint density at radius 2 is 2.04 bits per heavy atom. The maximum absolute atomic E-state index is 13.4. The fourth-order valence-electron chi connectivity index (χ4n) is 4.69. The molecular formula is C18H23N3O5. The molecule has 1 N–H and O–H groups in total. The van der Waals surface area contributed by atoms with Crippen molar-refractivity contribution >= 4 is 11.8 Å². The number of fused-ring (bicyclic) bond motifs is 2. The van der Waals surface area contributed by atoms with Crippen molar-refractivity contribution in [3.8, 4) is 0 Å². The Morgan fingerprint density at radius 3 is 2.65 bits per heavy atom. The Bertz CT molecular complexity index is 752. The largest absolute Gasteiger partial charge is 0.464 e. The predicted octanol–water partition coefficient (Wildman–Crippen LogP) is -0.655. The Labute approximate surface area is 151 Å². The second kappa shape index (κ2) is 5.63. The Hall–Kier alpha value is -1.74. The van der Waals surface area contributed by atoms with Crippen molar-refractivity contribution < 1.29 is 23.8 Å². The van der Waals surface area contributed by atoms with Gasteiger partial charge in [-0.1, -0.05) is 0 Å². The van der Waals surface area contributed by atoms with E-state index in [-0.39, 0.29) is 18.4 Å². The molecule has 140 valence electrons. The van der Waals surface area contributed by atoms with Crippen molar-refractivity contribution in [2.45, 2.75) is 43.6 Å². The van der Waals surface area contributed by atoms with Crippen molar-refractivity contribution in [1.82, 2.24) is 14.7 Å². The van der Waals surface area contributed by atoms with E-state index in [1.54, 1.807) is 6.07 Å². The summed E-state index contributed by atoms with van der Waals surface area (Å²) in [4.78, 5) is 31.8. The molecule has 2 atom stereocenters. The van der Waals surface area contributed by atoms with Crippen LogP contribution in [0.25, 0.3) is 0 Å². The van der Waals surface area contributed by atoms with Gasteiger partial charge in [0, 0.05) is 19.6 Å². The number of piperazine rings is 1. The summed E-state index contributed by atoms with van der Waals surface area (Å²) in [5.41, 5.74) is -0.715. The molecule has 4 aliphatic rings. The maximum atomic E-state index is 13.4. The number of carbonyl (C=O) groups excluding carboxylic acids is 2. The molecule has 1 aromatic heterocycles. The summed E-state index contributed by atoms with van der Waals surface area (Å²) in [7, 11) is 0. The number of hydrogen-bond acceptors (Lipinski definition) is 7. The maximum Gasteiger partial charge on any atom is 0.252 e. The third-order valence-electron chi connectivity index (χ3n) is 6.20. The van der Waals surface area contributed by atoms with Gasteiger partial charge in [-0.05, 0) is 25.5 Å². The van der Waals surface area contributed by atoms with Crippen LogP contribution >= 0.6 is 0 Å². The minimum atomic E-state index is -0.715. The van der Waals surface area contributed by atoms with E-state index in [1.807, 2.05) is 17.9 Å². The zero-order valence-corrected chi connectivity index (χ0v) is 14.8. The lowest BCUT2D eigenvalue weighted by Crippen LogP contribution is -2.83. The van der Waals surface area contributed by atoms with E-state index in [1.165, 1.54) is 4.90 Å². The lowest BCUT2D eigenvalue weighted by molar-refractivity contribution is -0.193. The van der Waals surface area contributed by atoms with Gasteiger partial charge in [0.05, 0.1) is 37.9 Å². The van der Waals surface area contributed by atoms with Crippen LogP contribution in [0.15, 0.2) is 16.5 Å². The Balaban J connectivity index is 1.43. The molecule has 5 heterocycles. The first-order valence-corrected chi connectivity index (χ1v) is 9.16. The van der Waals surface area contributed by atoms with Gasteiger partial charge in [0.15, 0.2) is 0 Å². The first kappa shape index (κ1) is 16.4. The van der Waals surface area contributed by atoms with Crippen molar-refractivity contribution in [2.75, 3.05) is 32.8 Å². The molecule has 0 aromatic carbocycles. The number of ether oxygens (including phenoxy) is 1. The number of aliphatic hydroxyl groups is 1. The molecule has 1 aromatic rings. The van der Waals surface area contributed by atoms with Gasteiger partial charge in [0.25, 0.3) is 5.91 Å². The van der Waals surface area contributed by atoms with Crippen LogP contribution < -0.4 is 0 Å². The minimum absolute atomic E-state index is 0.153. The number of nitrogens with zero attached hydrogens (tertiary/aromatic N) is 3. The number of aryl methyl sites for hydroxylation is 1. The molecule has 1 spiro atoms. The monoisotopic (exact) mass is 361 g/mol. The van der Waals surface area contributed by atoms with E-state index in [2.05, 4.69) is 4.90 Å². The molecule has 0 aliphatic carbocycles. The summed E-state index contributed by atoms with van der Waals surface area (Å²) in [6.45, 7) is 4.94. The molecule has 8 nitrogen and oxygen atoms in total. The summed E-state index contributed by atoms with van der Waals surface area (Å²) in [6, 6.07) is 3.56. The molecule has 4 saturated heterocycles. The van der Waals surface area contributed by atoms with E-state index in [4.69, 9.17) is 9.15 Å². The number of likely N-dealkylation sites (tertiary alicyclic amines) is 1. The lowest BCUT2D eigenvalue weighted by atomic mass is 9.81. The van der Waals surface area contributed by atoms with E-state index in [0.29, 0.717) is 51.1 Å². The normalized spacial score (nSPS) is 32.0. The van der Waals surface area contributed by atoms with Crippen molar-refractivity contribution in [3.63, 3.8) is 0 Å². The van der Waals surface area contributed by atoms with Crippen molar-refractivity contribution in [1.29, 1.82) is 0 Å². The Morgan fingerprint density at radius 1 is 1.27 bits per heavy atom. The minimum Gasteiger partial charge on any atom is -0.464 e. The van der Waals surface area contributed by atoms with E-state index < -0.39 is 17.7 Å². The van der Waals surface area contributed by atoms with Crippen LogP contribution in [0.5, 0.6) is 0 Å². The topological polar surface area (TPSA) is 86.5 Å². The molecule has 2 amide bonds. The Kier molecular flexibility index (Phi) is 3.56. The number of β-amino-alcohol motifs (C(OH)–C–C–N with tert-alkyl or cyclic N) is 1. The number of amides is 2. The van der Waals surface area contributed by atoms with Crippen molar-refractivity contribution in [3.05, 3.63) is 23.7 Å². The fraction of sp³-hybridized carbons (Fsp3) is 0.667. The van der Waals surface area contributed by atoms with Gasteiger partial charge in [-0.2, -0.15) is 0 Å². The molecule has 0 bridgehead atoms. The van der Waals surface area contributed by atoms with Crippen LogP contribution in [0.3, 0.4) is 0 Å². The van der Waals surface area contributed by atoms with E-state index in [0.717, 1.165) is 5.76 Å². The molecule has 0 saturated carbocycles. The SMILES string of the molecule is Cc1ccc(CN2C(=O)[C@@H]3C[C@@H](O)CN3C3(CN(C4COC4)C3)C2=O)o1. The number of imide groups is 1. The first-order chi connectivity index (χ1) is 12.5. The highest BCUT2D eigenvalue weighted by Crippen LogP contribution is 2.42. The van der Waals surface area contributed by atoms with Crippen LogP contribution in [-0.4, -0.2) is 88.2 Å². The number of hydrogen-bond donors (Lipinski definition) is 1. The molecule has 26 heavy (non-hydrogen) atoms. The van der Waals surface area contributed by atoms with E-state index in [9.17, 15) is 14.7 Å². The molecule has 0 radical (unpaired) electrons. The van der Waals surface area contributed by atoms with Gasteiger partial charge in [-0.3, -0.25) is 24.3 Å². The van der Waals surface area contributed by atoms with Gasteiger partial charge >= 0.3 is 0 Å². The molecule has 4 aliphatic heterocycles. The van der Waals surface area contributed by atoms with Gasteiger partial charge in [0.2, 0.25) is 5.91 Å². The molecule has 4 fully saturated rings. The van der Waals surface area contributed by atoms with Crippen LogP contribution in [0.1, 0.15) is 17.9 Å². The third-order valence-corrected chi connectivity index (χ3v) is 6.20. The van der Waals surface area contributed by atoms with Crippen LogP contribution in [0.4, 0.5) is 0 Å². The summed E-state index contributed by atoms with van der Waals surface area (Å²) in [5.74, 6) is 0.967. The van der Waals surface area contributed by atoms with Gasteiger partial charge < -0.3 is 14.3 Å². The highest BCUT2D eigenvalue weighted by Gasteiger charge is 2.65. The zero-order valence-electron chi connectivity index (χ0n) is 14.8.